The van der Waals surface area contributed by atoms with Crippen LogP contribution in [0.4, 0.5) is 0 Å². The van der Waals surface area contributed by atoms with Gasteiger partial charge >= 0.3 is 0 Å². The number of benzene rings is 1. The lowest BCUT2D eigenvalue weighted by molar-refractivity contribution is -0.126. The Morgan fingerprint density at radius 1 is 1.14 bits per heavy atom. The average Bonchev–Trinajstić information content (AvgIpc) is 2.64. The molecule has 1 aromatic rings. The lowest BCUT2D eigenvalue weighted by atomic mass is 9.47. The highest BCUT2D eigenvalue weighted by Crippen LogP contribution is 2.63. The zero-order valence-electron chi connectivity index (χ0n) is 16.7. The Morgan fingerprint density at radius 2 is 1.86 bits per heavy atom. The van der Waals surface area contributed by atoms with Crippen LogP contribution in [0.15, 0.2) is 24.3 Å². The first-order valence-corrected chi connectivity index (χ1v) is 11.8. The number of ether oxygens (including phenoxy) is 1. The maximum absolute atomic E-state index is 6.51. The van der Waals surface area contributed by atoms with Crippen molar-refractivity contribution < 1.29 is 4.74 Å². The van der Waals surface area contributed by atoms with Crippen LogP contribution in [0.3, 0.4) is 0 Å². The van der Waals surface area contributed by atoms with E-state index in [1.165, 1.54) is 50.5 Å². The number of hydrogen-bond acceptors (Lipinski definition) is 2. The number of nitrogens with one attached hydrogen (secondary N) is 1. The fourth-order valence-electron chi connectivity index (χ4n) is 8.00. The third-order valence-corrected chi connectivity index (χ3v) is 8.89. The van der Waals surface area contributed by atoms with Crippen molar-refractivity contribution in [2.24, 2.45) is 23.2 Å². The van der Waals surface area contributed by atoms with Crippen molar-refractivity contribution in [3.8, 4) is 0 Å². The van der Waals surface area contributed by atoms with Crippen molar-refractivity contribution in [3.05, 3.63) is 34.9 Å². The van der Waals surface area contributed by atoms with E-state index in [2.05, 4.69) is 23.5 Å². The summed E-state index contributed by atoms with van der Waals surface area (Å²) in [7, 11) is 0. The number of hydrogen-bond donors (Lipinski definition) is 1. The smallest absolute Gasteiger partial charge is 0.113 e. The molecule has 1 spiro atoms. The first kappa shape index (κ1) is 18.2. The molecule has 1 N–H and O–H groups in total. The van der Waals surface area contributed by atoms with Gasteiger partial charge in [-0.1, -0.05) is 23.7 Å². The SMILES string of the molecule is Clc1cccc(C(CC23CC4CC(CC(C4)C2)C3)C2OCC[N]C23CCN3)c1. The second-order valence-corrected chi connectivity index (χ2v) is 11.0. The molecule has 7 rings (SSSR count). The zero-order chi connectivity index (χ0) is 18.8. The maximum atomic E-state index is 6.51. The fourth-order valence-corrected chi connectivity index (χ4v) is 8.20. The summed E-state index contributed by atoms with van der Waals surface area (Å²) in [5.41, 5.74) is 1.72. The van der Waals surface area contributed by atoms with Gasteiger partial charge in [-0.05, 0) is 92.2 Å². The van der Waals surface area contributed by atoms with E-state index in [1.54, 1.807) is 0 Å². The molecule has 3 nitrogen and oxygen atoms in total. The lowest BCUT2D eigenvalue weighted by Crippen LogP contribution is -2.73. The molecule has 6 aliphatic rings. The van der Waals surface area contributed by atoms with Gasteiger partial charge < -0.3 is 4.74 Å². The molecular formula is C24H32ClN2O. The van der Waals surface area contributed by atoms with Gasteiger partial charge in [0.15, 0.2) is 0 Å². The van der Waals surface area contributed by atoms with E-state index in [4.69, 9.17) is 21.7 Å². The quantitative estimate of drug-likeness (QED) is 0.794. The fraction of sp³-hybridized carbons (Fsp3) is 0.750. The zero-order valence-corrected chi connectivity index (χ0v) is 17.5. The van der Waals surface area contributed by atoms with Gasteiger partial charge in [0.1, 0.15) is 5.66 Å². The van der Waals surface area contributed by atoms with Gasteiger partial charge in [-0.3, -0.25) is 5.32 Å². The standard InChI is InChI=1S/C24H32ClN2O/c25-20-3-1-2-19(11-20)21(22-24(4-5-26-24)27-6-7-28-22)15-23-12-16-8-17(13-23)10-18(9-16)14-23/h1-3,11,16-18,21-22,26H,4-10,12-15H2. The Labute approximate surface area is 173 Å². The molecule has 0 amide bonds. The van der Waals surface area contributed by atoms with E-state index >= 15 is 0 Å². The van der Waals surface area contributed by atoms with E-state index in [0.29, 0.717) is 11.3 Å². The molecule has 2 saturated heterocycles. The van der Waals surface area contributed by atoms with Crippen molar-refractivity contribution in [1.29, 1.82) is 0 Å². The van der Waals surface area contributed by atoms with Crippen LogP contribution in [0, 0.1) is 23.2 Å². The van der Waals surface area contributed by atoms with Crippen molar-refractivity contribution in [3.63, 3.8) is 0 Å². The van der Waals surface area contributed by atoms with E-state index < -0.39 is 0 Å². The Balaban J connectivity index is 1.36. The molecule has 0 aromatic heterocycles. The van der Waals surface area contributed by atoms with Gasteiger partial charge in [0.2, 0.25) is 0 Å². The molecule has 3 atom stereocenters. The van der Waals surface area contributed by atoms with Crippen molar-refractivity contribution in [2.75, 3.05) is 19.7 Å². The summed E-state index contributed by atoms with van der Waals surface area (Å²) in [5, 5.41) is 9.55. The normalized spacial score (nSPS) is 45.2. The number of nitrogens with zero attached hydrogens (tertiary/aromatic N) is 1. The van der Waals surface area contributed by atoms with E-state index in [0.717, 1.165) is 48.9 Å². The Hall–Kier alpha value is -0.610. The molecule has 1 radical (unpaired) electrons. The van der Waals surface area contributed by atoms with Gasteiger partial charge in [0.25, 0.3) is 0 Å². The number of morpholine rings is 1. The minimum atomic E-state index is -0.159. The summed E-state index contributed by atoms with van der Waals surface area (Å²) in [6.45, 7) is 2.64. The van der Waals surface area contributed by atoms with Crippen molar-refractivity contribution in [2.45, 2.75) is 69.1 Å². The summed E-state index contributed by atoms with van der Waals surface area (Å²) in [6.07, 6.45) is 11.3. The topological polar surface area (TPSA) is 35.4 Å². The Bertz CT molecular complexity index is 711. The highest BCUT2D eigenvalue weighted by molar-refractivity contribution is 6.30. The highest BCUT2D eigenvalue weighted by Gasteiger charge is 2.56. The third kappa shape index (κ3) is 2.96. The third-order valence-electron chi connectivity index (χ3n) is 8.65. The summed E-state index contributed by atoms with van der Waals surface area (Å²) in [5.74, 6) is 3.34. The molecule has 151 valence electrons. The number of halogens is 1. The van der Waals surface area contributed by atoms with Gasteiger partial charge in [-0.25, -0.2) is 5.32 Å². The summed E-state index contributed by atoms with van der Waals surface area (Å²) < 4.78 is 6.51. The first-order valence-electron chi connectivity index (χ1n) is 11.4. The molecule has 4 saturated carbocycles. The number of rotatable bonds is 4. The second-order valence-electron chi connectivity index (χ2n) is 10.6. The molecule has 6 fully saturated rings. The van der Waals surface area contributed by atoms with E-state index in [-0.39, 0.29) is 11.8 Å². The molecule has 4 bridgehead atoms. The molecule has 2 aliphatic heterocycles. The first-order chi connectivity index (χ1) is 13.6. The van der Waals surface area contributed by atoms with Crippen molar-refractivity contribution in [1.82, 2.24) is 10.6 Å². The maximum Gasteiger partial charge on any atom is 0.113 e. The largest absolute Gasteiger partial charge is 0.373 e. The monoisotopic (exact) mass is 399 g/mol. The predicted octanol–water partition coefficient (Wildman–Crippen LogP) is 4.72. The van der Waals surface area contributed by atoms with Crippen LogP contribution in [0.1, 0.15) is 62.8 Å². The van der Waals surface area contributed by atoms with Gasteiger partial charge in [0, 0.05) is 24.0 Å². The van der Waals surface area contributed by atoms with Gasteiger partial charge in [-0.15, -0.1) is 0 Å². The molecule has 1 aromatic carbocycles. The van der Waals surface area contributed by atoms with E-state index in [9.17, 15) is 0 Å². The lowest BCUT2D eigenvalue weighted by Gasteiger charge is -2.59. The van der Waals surface area contributed by atoms with E-state index in [1.807, 2.05) is 6.07 Å². The Kier molecular flexibility index (Phi) is 4.35. The minimum absolute atomic E-state index is 0.140. The second kappa shape index (κ2) is 6.70. The summed E-state index contributed by atoms with van der Waals surface area (Å²) in [4.78, 5) is 0. The van der Waals surface area contributed by atoms with Crippen molar-refractivity contribution >= 4 is 11.6 Å². The van der Waals surface area contributed by atoms with Crippen LogP contribution < -0.4 is 10.6 Å². The molecule has 4 heteroatoms. The average molecular weight is 400 g/mol. The van der Waals surface area contributed by atoms with Crippen LogP contribution in [0.25, 0.3) is 0 Å². The van der Waals surface area contributed by atoms with Gasteiger partial charge in [-0.2, -0.15) is 0 Å². The van der Waals surface area contributed by atoms with Crippen LogP contribution in [-0.2, 0) is 4.74 Å². The molecule has 28 heavy (non-hydrogen) atoms. The summed E-state index contributed by atoms with van der Waals surface area (Å²) >= 11 is 6.44. The van der Waals surface area contributed by atoms with Crippen LogP contribution in [-0.4, -0.2) is 31.5 Å². The minimum Gasteiger partial charge on any atom is -0.373 e. The molecular weight excluding hydrogens is 368 g/mol. The molecule has 2 heterocycles. The molecule has 4 aliphatic carbocycles. The van der Waals surface area contributed by atoms with Crippen LogP contribution >= 0.6 is 11.6 Å². The van der Waals surface area contributed by atoms with Crippen LogP contribution in [0.2, 0.25) is 5.02 Å². The summed E-state index contributed by atoms with van der Waals surface area (Å²) in [6, 6.07) is 8.58. The van der Waals surface area contributed by atoms with Gasteiger partial charge in [0.05, 0.1) is 12.7 Å². The predicted molar refractivity (Wildman–Crippen MR) is 112 cm³/mol. The Morgan fingerprint density at radius 3 is 2.46 bits per heavy atom. The highest BCUT2D eigenvalue weighted by atomic mass is 35.5. The van der Waals surface area contributed by atoms with Crippen LogP contribution in [0.5, 0.6) is 0 Å². The molecule has 3 unspecified atom stereocenters.